The van der Waals surface area contributed by atoms with Gasteiger partial charge in [0.15, 0.2) is 8.32 Å². The zero-order valence-corrected chi connectivity index (χ0v) is 17.7. The van der Waals surface area contributed by atoms with Crippen molar-refractivity contribution in [3.05, 3.63) is 48.0 Å². The summed E-state index contributed by atoms with van der Waals surface area (Å²) in [4.78, 5) is 12.3. The third-order valence-electron chi connectivity index (χ3n) is 4.71. The van der Waals surface area contributed by atoms with Gasteiger partial charge >= 0.3 is 5.97 Å². The molecule has 0 radical (unpaired) electrons. The molecule has 0 spiro atoms. The molecule has 0 fully saturated rings. The number of carbonyl (C=O) groups is 1. The number of allylic oxidation sites excluding steroid dienone is 1. The van der Waals surface area contributed by atoms with Crippen LogP contribution in [0.3, 0.4) is 0 Å². The number of ether oxygens (including phenoxy) is 1. The molecule has 0 aromatic heterocycles. The fraction of sp³-hybridized carbons (Fsp3) is 0.571. The van der Waals surface area contributed by atoms with Gasteiger partial charge in [-0.3, -0.25) is 4.79 Å². The molecule has 25 heavy (non-hydrogen) atoms. The molecule has 0 unspecified atom stereocenters. The third-order valence-corrected chi connectivity index (χ3v) is 9.24. The molecule has 3 nitrogen and oxygen atoms in total. The largest absolute Gasteiger partial charge is 0.461 e. The second-order valence-electron chi connectivity index (χ2n) is 7.97. The van der Waals surface area contributed by atoms with Crippen molar-refractivity contribution in [2.24, 2.45) is 0 Å². The molecule has 4 heteroatoms. The van der Waals surface area contributed by atoms with Crippen molar-refractivity contribution >= 4 is 14.3 Å². The van der Waals surface area contributed by atoms with Crippen molar-refractivity contribution in [2.45, 2.75) is 77.8 Å². The summed E-state index contributed by atoms with van der Waals surface area (Å²) >= 11 is 0. The van der Waals surface area contributed by atoms with Crippen LogP contribution in [0.5, 0.6) is 0 Å². The monoisotopic (exact) mass is 362 g/mol. The fourth-order valence-corrected chi connectivity index (χ4v) is 3.53. The highest BCUT2D eigenvalue weighted by Crippen LogP contribution is 2.38. The molecule has 0 amide bonds. The summed E-state index contributed by atoms with van der Waals surface area (Å²) in [6.45, 7) is 13.5. The average Bonchev–Trinajstić information content (AvgIpc) is 2.52. The Morgan fingerprint density at radius 2 is 1.80 bits per heavy atom. The molecule has 0 saturated heterocycles. The minimum Gasteiger partial charge on any atom is -0.461 e. The Labute approximate surface area is 154 Å². The van der Waals surface area contributed by atoms with Gasteiger partial charge < -0.3 is 9.16 Å². The molecule has 0 aliphatic carbocycles. The molecular weight excluding hydrogens is 328 g/mol. The van der Waals surface area contributed by atoms with Gasteiger partial charge in [-0.2, -0.15) is 0 Å². The van der Waals surface area contributed by atoms with E-state index >= 15 is 0 Å². The van der Waals surface area contributed by atoms with Gasteiger partial charge in [0.1, 0.15) is 6.61 Å². The van der Waals surface area contributed by atoms with E-state index < -0.39 is 8.32 Å². The fourth-order valence-electron chi connectivity index (χ4n) is 2.16. The van der Waals surface area contributed by atoms with Crippen molar-refractivity contribution in [2.75, 3.05) is 0 Å². The van der Waals surface area contributed by atoms with E-state index in [0.29, 0.717) is 13.0 Å². The van der Waals surface area contributed by atoms with E-state index in [0.717, 1.165) is 18.4 Å². The van der Waals surface area contributed by atoms with Gasteiger partial charge in [0.05, 0.1) is 12.5 Å². The van der Waals surface area contributed by atoms with Crippen molar-refractivity contribution in [1.82, 2.24) is 0 Å². The molecule has 0 aliphatic heterocycles. The van der Waals surface area contributed by atoms with Crippen LogP contribution in [0.15, 0.2) is 42.5 Å². The normalized spacial score (nSPS) is 13.8. The van der Waals surface area contributed by atoms with Gasteiger partial charge in [0.2, 0.25) is 0 Å². The maximum Gasteiger partial charge on any atom is 0.308 e. The van der Waals surface area contributed by atoms with E-state index in [1.165, 1.54) is 0 Å². The highest BCUT2D eigenvalue weighted by atomic mass is 28.4. The Balaban J connectivity index is 2.65. The number of benzene rings is 1. The Hall–Kier alpha value is -1.39. The van der Waals surface area contributed by atoms with Gasteiger partial charge in [-0.05, 0) is 36.5 Å². The molecular formula is C21H34O3Si. The molecule has 0 N–H and O–H groups in total. The zero-order valence-electron chi connectivity index (χ0n) is 16.7. The van der Waals surface area contributed by atoms with Crippen LogP contribution in [0, 0.1) is 0 Å². The lowest BCUT2D eigenvalue weighted by molar-refractivity contribution is -0.146. The van der Waals surface area contributed by atoms with Gasteiger partial charge in [0.25, 0.3) is 0 Å². The first-order valence-corrected chi connectivity index (χ1v) is 12.1. The number of carbonyl (C=O) groups excluding carboxylic acids is 1. The standard InChI is InChI=1S/C21H34O3Si/c1-7-8-10-15-19(24-25(5,6)21(2,3)4)16-20(22)23-17-18-13-11-9-12-14-18/h8-14,19H,7,15-17H2,1-6H3/b10-8-/t19-/m0/s1. The molecule has 0 bridgehead atoms. The number of esters is 1. The van der Waals surface area contributed by atoms with E-state index in [-0.39, 0.29) is 17.1 Å². The lowest BCUT2D eigenvalue weighted by Gasteiger charge is -2.39. The summed E-state index contributed by atoms with van der Waals surface area (Å²) in [5.41, 5.74) is 1.00. The molecule has 0 heterocycles. The average molecular weight is 363 g/mol. The van der Waals surface area contributed by atoms with Crippen LogP contribution < -0.4 is 0 Å². The number of rotatable bonds is 9. The first-order chi connectivity index (χ1) is 11.7. The third kappa shape index (κ3) is 8.02. The summed E-state index contributed by atoms with van der Waals surface area (Å²) in [6.07, 6.45) is 6.16. The lowest BCUT2D eigenvalue weighted by atomic mass is 10.1. The Bertz CT molecular complexity index is 544. The SMILES string of the molecule is CC/C=C\C[C@@H](CC(=O)OCc1ccccc1)O[Si](C)(C)C(C)(C)C. The van der Waals surface area contributed by atoms with Crippen molar-refractivity contribution < 1.29 is 14.0 Å². The van der Waals surface area contributed by atoms with Crippen molar-refractivity contribution in [1.29, 1.82) is 0 Å². The molecule has 1 atom stereocenters. The molecule has 1 aromatic carbocycles. The molecule has 0 aliphatic rings. The first kappa shape index (κ1) is 21.6. The van der Waals surface area contributed by atoms with E-state index in [1.807, 2.05) is 30.3 Å². The Morgan fingerprint density at radius 1 is 1.16 bits per heavy atom. The highest BCUT2D eigenvalue weighted by molar-refractivity contribution is 6.74. The van der Waals surface area contributed by atoms with Crippen molar-refractivity contribution in [3.8, 4) is 0 Å². The molecule has 1 aromatic rings. The van der Waals surface area contributed by atoms with Gasteiger partial charge in [-0.1, -0.05) is 70.2 Å². The molecule has 140 valence electrons. The minimum absolute atomic E-state index is 0.119. The van der Waals surface area contributed by atoms with E-state index in [2.05, 4.69) is 52.9 Å². The van der Waals surface area contributed by atoms with Crippen LogP contribution in [0.1, 0.15) is 52.5 Å². The summed E-state index contributed by atoms with van der Waals surface area (Å²) in [5.74, 6) is -0.197. The summed E-state index contributed by atoms with van der Waals surface area (Å²) in [7, 11) is -1.92. The van der Waals surface area contributed by atoms with Crippen LogP contribution in [0.25, 0.3) is 0 Å². The summed E-state index contributed by atoms with van der Waals surface area (Å²) < 4.78 is 11.9. The smallest absolute Gasteiger partial charge is 0.308 e. The van der Waals surface area contributed by atoms with E-state index in [4.69, 9.17) is 9.16 Å². The first-order valence-electron chi connectivity index (χ1n) is 9.18. The predicted octanol–water partition coefficient (Wildman–Crippen LogP) is 5.87. The second-order valence-corrected chi connectivity index (χ2v) is 12.7. The van der Waals surface area contributed by atoms with E-state index in [1.54, 1.807) is 0 Å². The van der Waals surface area contributed by atoms with Gasteiger partial charge in [-0.15, -0.1) is 0 Å². The van der Waals surface area contributed by atoms with E-state index in [9.17, 15) is 4.79 Å². The second kappa shape index (κ2) is 9.93. The summed E-state index contributed by atoms with van der Waals surface area (Å²) in [6, 6.07) is 9.76. The van der Waals surface area contributed by atoms with Crippen LogP contribution in [0.4, 0.5) is 0 Å². The minimum atomic E-state index is -1.92. The number of hydrogen-bond acceptors (Lipinski definition) is 3. The predicted molar refractivity (Wildman–Crippen MR) is 107 cm³/mol. The lowest BCUT2D eigenvalue weighted by Crippen LogP contribution is -2.44. The highest BCUT2D eigenvalue weighted by Gasteiger charge is 2.39. The molecule has 1 rings (SSSR count). The number of hydrogen-bond donors (Lipinski definition) is 0. The Morgan fingerprint density at radius 3 is 2.36 bits per heavy atom. The Kier molecular flexibility index (Phi) is 8.60. The maximum atomic E-state index is 12.3. The van der Waals surface area contributed by atoms with Gasteiger partial charge in [0, 0.05) is 0 Å². The maximum absolute atomic E-state index is 12.3. The van der Waals surface area contributed by atoms with Crippen LogP contribution >= 0.6 is 0 Å². The quantitative estimate of drug-likeness (QED) is 0.313. The summed E-state index contributed by atoms with van der Waals surface area (Å²) in [5, 5.41) is 0.119. The van der Waals surface area contributed by atoms with Crippen LogP contribution in [-0.4, -0.2) is 20.4 Å². The van der Waals surface area contributed by atoms with Crippen molar-refractivity contribution in [3.63, 3.8) is 0 Å². The van der Waals surface area contributed by atoms with Crippen LogP contribution in [0.2, 0.25) is 18.1 Å². The molecule has 0 saturated carbocycles. The van der Waals surface area contributed by atoms with Crippen LogP contribution in [-0.2, 0) is 20.6 Å². The van der Waals surface area contributed by atoms with Gasteiger partial charge in [-0.25, -0.2) is 0 Å². The zero-order chi connectivity index (χ0) is 18.9. The topological polar surface area (TPSA) is 35.5 Å².